The molecule has 0 spiro atoms. The molecule has 2 bridgehead atoms. The number of halogens is 5. The maximum absolute atomic E-state index is 14.1. The van der Waals surface area contributed by atoms with E-state index in [0.717, 1.165) is 4.68 Å². The van der Waals surface area contributed by atoms with Crippen LogP contribution in [0.25, 0.3) is 5.69 Å². The SMILES string of the molecule is C[C@H](Oc1cc(-n2nc(C(F)(F)F)c3c2[C@@H](OC24CC(C(=O)O)(C2)C4)CCC3)cnn1)c1ccc2c(c1)OC(F)(F)O2. The quantitative estimate of drug-likeness (QED) is 0.352. The highest BCUT2D eigenvalue weighted by atomic mass is 19.4. The van der Waals surface area contributed by atoms with Gasteiger partial charge in [0.2, 0.25) is 5.88 Å². The van der Waals surface area contributed by atoms with Gasteiger partial charge in [-0.05, 0) is 63.1 Å². The van der Waals surface area contributed by atoms with Crippen LogP contribution in [0.2, 0.25) is 0 Å². The summed E-state index contributed by atoms with van der Waals surface area (Å²) in [4.78, 5) is 11.5. The zero-order chi connectivity index (χ0) is 29.7. The Morgan fingerprint density at radius 2 is 1.90 bits per heavy atom. The summed E-state index contributed by atoms with van der Waals surface area (Å²) in [6.45, 7) is 1.62. The smallest absolute Gasteiger partial charge is 0.481 e. The number of hydrogen-bond acceptors (Lipinski definition) is 8. The molecule has 1 aliphatic heterocycles. The number of ether oxygens (including phenoxy) is 4. The highest BCUT2D eigenvalue weighted by Crippen LogP contribution is 2.70. The molecule has 42 heavy (non-hydrogen) atoms. The molecule has 2 aromatic heterocycles. The molecule has 1 aromatic carbocycles. The Bertz CT molecular complexity index is 1590. The molecule has 3 heterocycles. The number of aliphatic carboxylic acids is 1. The standard InChI is InChI=1S/C27H23F5N4O6/c1-13(14-5-6-17-19(7-14)42-27(31,32)41-17)39-20-8-15(9-33-34-20)36-21-16(22(35-36)26(28,29)30)3-2-4-18(21)40-25-10-24(11-25,12-25)23(37)38/h5-9,13,18H,2-4,10-12H2,1H3,(H,37,38)/t13-,18-,24?,25?/m0/s1. The van der Waals surface area contributed by atoms with Gasteiger partial charge in [-0.2, -0.15) is 23.4 Å². The Kier molecular flexibility index (Phi) is 5.60. The van der Waals surface area contributed by atoms with Crippen LogP contribution in [0.4, 0.5) is 22.0 Å². The fourth-order valence-electron chi connectivity index (χ4n) is 6.51. The lowest BCUT2D eigenvalue weighted by Crippen LogP contribution is -2.71. The predicted octanol–water partition coefficient (Wildman–Crippen LogP) is 5.54. The molecule has 15 heteroatoms. The van der Waals surface area contributed by atoms with Crippen LogP contribution in [0.5, 0.6) is 17.4 Å². The van der Waals surface area contributed by atoms with Gasteiger partial charge in [0, 0.05) is 11.6 Å². The van der Waals surface area contributed by atoms with Gasteiger partial charge in [-0.3, -0.25) is 4.79 Å². The Morgan fingerprint density at radius 3 is 2.62 bits per heavy atom. The molecule has 0 saturated heterocycles. The van der Waals surface area contributed by atoms with Gasteiger partial charge < -0.3 is 24.1 Å². The van der Waals surface area contributed by atoms with Crippen molar-refractivity contribution in [2.75, 3.05) is 0 Å². The first-order valence-electron chi connectivity index (χ1n) is 13.3. The Hall–Kier alpha value is -4.01. The van der Waals surface area contributed by atoms with Gasteiger partial charge >= 0.3 is 18.4 Å². The lowest BCUT2D eigenvalue weighted by Gasteiger charge is -2.67. The maximum Gasteiger partial charge on any atom is 0.586 e. The molecule has 3 aromatic rings. The highest BCUT2D eigenvalue weighted by molar-refractivity contribution is 5.79. The van der Waals surface area contributed by atoms with Crippen LogP contribution in [0, 0.1) is 5.41 Å². The van der Waals surface area contributed by atoms with Crippen LogP contribution >= 0.6 is 0 Å². The van der Waals surface area contributed by atoms with Gasteiger partial charge in [0.1, 0.15) is 12.2 Å². The van der Waals surface area contributed by atoms with Gasteiger partial charge in [0.15, 0.2) is 17.2 Å². The van der Waals surface area contributed by atoms with E-state index < -0.39 is 47.4 Å². The largest absolute Gasteiger partial charge is 0.586 e. The van der Waals surface area contributed by atoms with Crippen molar-refractivity contribution in [2.45, 2.75) is 75.7 Å². The predicted molar refractivity (Wildman–Crippen MR) is 129 cm³/mol. The van der Waals surface area contributed by atoms with E-state index in [4.69, 9.17) is 9.47 Å². The van der Waals surface area contributed by atoms with Crippen LogP contribution in [0.1, 0.15) is 73.8 Å². The third-order valence-electron chi connectivity index (χ3n) is 8.37. The number of aromatic nitrogens is 4. The number of carbonyl (C=O) groups is 1. The van der Waals surface area contributed by atoms with Crippen molar-refractivity contribution < 1.29 is 50.8 Å². The van der Waals surface area contributed by atoms with Crippen molar-refractivity contribution in [2.24, 2.45) is 5.41 Å². The van der Waals surface area contributed by atoms with Crippen molar-refractivity contribution in [3.8, 4) is 23.1 Å². The normalized spacial score (nSPS) is 27.4. The first kappa shape index (κ1) is 26.9. The molecule has 3 saturated carbocycles. The second-order valence-corrected chi connectivity index (χ2v) is 11.3. The maximum atomic E-state index is 14.1. The van der Waals surface area contributed by atoms with Gasteiger partial charge in [-0.25, -0.2) is 4.68 Å². The molecule has 0 radical (unpaired) electrons. The number of carboxylic acids is 1. The van der Waals surface area contributed by atoms with E-state index in [1.54, 1.807) is 6.92 Å². The summed E-state index contributed by atoms with van der Waals surface area (Å²) in [7, 11) is 0. The number of benzene rings is 1. The number of fused-ring (bicyclic) bond motifs is 2. The summed E-state index contributed by atoms with van der Waals surface area (Å²) in [5, 5.41) is 21.2. The van der Waals surface area contributed by atoms with Crippen LogP contribution in [-0.4, -0.2) is 42.9 Å². The van der Waals surface area contributed by atoms with Crippen molar-refractivity contribution in [1.29, 1.82) is 0 Å². The van der Waals surface area contributed by atoms with Crippen molar-refractivity contribution >= 4 is 5.97 Å². The Balaban J connectivity index is 1.18. The summed E-state index contributed by atoms with van der Waals surface area (Å²) >= 11 is 0. The number of nitrogens with zero attached hydrogens (tertiary/aromatic N) is 4. The molecule has 2 atom stereocenters. The number of rotatable bonds is 7. The highest BCUT2D eigenvalue weighted by Gasteiger charge is 2.73. The van der Waals surface area contributed by atoms with Crippen molar-refractivity contribution in [3.05, 3.63) is 53.0 Å². The molecular formula is C27H23F5N4O6. The van der Waals surface area contributed by atoms with E-state index in [1.165, 1.54) is 30.5 Å². The zero-order valence-corrected chi connectivity index (χ0v) is 22.0. The monoisotopic (exact) mass is 594 g/mol. The first-order valence-corrected chi connectivity index (χ1v) is 13.3. The van der Waals surface area contributed by atoms with Gasteiger partial charge in [-0.1, -0.05) is 6.07 Å². The van der Waals surface area contributed by atoms with Crippen molar-refractivity contribution in [1.82, 2.24) is 20.0 Å². The molecule has 8 rings (SSSR count). The lowest BCUT2D eigenvalue weighted by atomic mass is 9.41. The van der Waals surface area contributed by atoms with Gasteiger partial charge in [-0.15, -0.1) is 13.9 Å². The van der Waals surface area contributed by atoms with E-state index in [1.807, 2.05) is 0 Å². The number of carboxylic acid groups (broad SMARTS) is 1. The molecule has 5 aliphatic rings. The molecular weight excluding hydrogens is 571 g/mol. The lowest BCUT2D eigenvalue weighted by molar-refractivity contribution is -0.300. The minimum atomic E-state index is -4.72. The molecule has 1 N–H and O–H groups in total. The minimum Gasteiger partial charge on any atom is -0.481 e. The number of hydrogen-bond donors (Lipinski definition) is 1. The summed E-state index contributed by atoms with van der Waals surface area (Å²) < 4.78 is 91.3. The van der Waals surface area contributed by atoms with E-state index >= 15 is 0 Å². The average Bonchev–Trinajstić information content (AvgIpc) is 3.41. The summed E-state index contributed by atoms with van der Waals surface area (Å²) in [6.07, 6.45) is -6.69. The average molecular weight is 594 g/mol. The molecule has 222 valence electrons. The second kappa shape index (κ2) is 8.75. The summed E-state index contributed by atoms with van der Waals surface area (Å²) in [6, 6.07) is 5.53. The van der Waals surface area contributed by atoms with E-state index in [-0.39, 0.29) is 40.7 Å². The third-order valence-corrected chi connectivity index (χ3v) is 8.37. The van der Waals surface area contributed by atoms with E-state index in [9.17, 15) is 31.9 Å². The summed E-state index contributed by atoms with van der Waals surface area (Å²) in [5.41, 5.74) is -1.61. The van der Waals surface area contributed by atoms with Crippen LogP contribution in [0.3, 0.4) is 0 Å². The topological polar surface area (TPSA) is 118 Å². The van der Waals surface area contributed by atoms with Gasteiger partial charge in [0.05, 0.1) is 28.6 Å². The van der Waals surface area contributed by atoms with Crippen LogP contribution in [0.15, 0.2) is 30.5 Å². The van der Waals surface area contributed by atoms with Crippen LogP contribution < -0.4 is 14.2 Å². The number of alkyl halides is 5. The fourth-order valence-corrected chi connectivity index (χ4v) is 6.51. The fraction of sp³-hybridized carbons (Fsp3) is 0.481. The van der Waals surface area contributed by atoms with Crippen molar-refractivity contribution in [3.63, 3.8) is 0 Å². The van der Waals surface area contributed by atoms with E-state index in [0.29, 0.717) is 37.7 Å². The second-order valence-electron chi connectivity index (χ2n) is 11.3. The van der Waals surface area contributed by atoms with Gasteiger partial charge in [0.25, 0.3) is 0 Å². The molecule has 3 fully saturated rings. The Morgan fingerprint density at radius 1 is 1.17 bits per heavy atom. The third kappa shape index (κ3) is 4.24. The summed E-state index contributed by atoms with van der Waals surface area (Å²) in [5.74, 6) is -1.22. The molecule has 10 nitrogen and oxygen atoms in total. The molecule has 4 aliphatic carbocycles. The first-order chi connectivity index (χ1) is 19.8. The minimum absolute atomic E-state index is 0.0307. The van der Waals surface area contributed by atoms with Crippen LogP contribution in [-0.2, 0) is 22.1 Å². The zero-order valence-electron chi connectivity index (χ0n) is 22.0. The van der Waals surface area contributed by atoms with E-state index in [2.05, 4.69) is 24.8 Å². The Labute approximate surface area is 234 Å². The molecule has 0 unspecified atom stereocenters. The molecule has 0 amide bonds.